The van der Waals surface area contributed by atoms with Crippen molar-refractivity contribution in [2.24, 2.45) is 0 Å². The Labute approximate surface area is 194 Å². The first kappa shape index (κ1) is 21.5. The molecule has 0 aliphatic rings. The van der Waals surface area contributed by atoms with Gasteiger partial charge in [0, 0.05) is 38.9 Å². The summed E-state index contributed by atoms with van der Waals surface area (Å²) >= 11 is 0. The molecule has 5 aromatic rings. The average molecular weight is 456 g/mol. The van der Waals surface area contributed by atoms with E-state index in [1.165, 1.54) is 26.4 Å². The van der Waals surface area contributed by atoms with Crippen LogP contribution in [0.3, 0.4) is 0 Å². The standard InChI is InChI=1S/C27H21FN2O4/c1-33-26(31)24-22(17-10-3-5-12-19(17)29-24)21(15-8-7-9-16(28)14-15)23-18-11-4-6-13-20(18)30-25(23)27(32)34-2/h3-14,21,29-30H,1-2H3. The van der Waals surface area contributed by atoms with Crippen LogP contribution in [0.15, 0.2) is 72.8 Å². The van der Waals surface area contributed by atoms with E-state index in [1.807, 2.05) is 48.5 Å². The number of fused-ring (bicyclic) bond motifs is 2. The first-order valence-corrected chi connectivity index (χ1v) is 10.7. The second-order valence-electron chi connectivity index (χ2n) is 7.89. The van der Waals surface area contributed by atoms with E-state index in [0.717, 1.165) is 21.8 Å². The third-order valence-electron chi connectivity index (χ3n) is 6.03. The summed E-state index contributed by atoms with van der Waals surface area (Å²) in [5, 5.41) is 1.52. The van der Waals surface area contributed by atoms with Crippen LogP contribution in [-0.4, -0.2) is 36.1 Å². The van der Waals surface area contributed by atoms with Crippen molar-refractivity contribution < 1.29 is 23.5 Å². The molecule has 0 atom stereocenters. The molecule has 5 rings (SSSR count). The molecule has 0 radical (unpaired) electrons. The number of H-pyrrole nitrogens is 2. The highest BCUT2D eigenvalue weighted by Crippen LogP contribution is 2.43. The van der Waals surface area contributed by atoms with Gasteiger partial charge in [-0.25, -0.2) is 14.0 Å². The maximum Gasteiger partial charge on any atom is 0.354 e. The van der Waals surface area contributed by atoms with Crippen molar-refractivity contribution in [3.05, 3.63) is 107 Å². The molecule has 0 spiro atoms. The minimum Gasteiger partial charge on any atom is -0.464 e. The summed E-state index contributed by atoms with van der Waals surface area (Å²) in [6, 6.07) is 21.0. The number of halogens is 1. The molecule has 0 aliphatic carbocycles. The fraction of sp³-hybridized carbons (Fsp3) is 0.111. The molecule has 0 amide bonds. The van der Waals surface area contributed by atoms with Gasteiger partial charge in [-0.05, 0) is 29.8 Å². The Morgan fingerprint density at radius 1 is 0.735 bits per heavy atom. The molecule has 3 aromatic carbocycles. The second-order valence-corrected chi connectivity index (χ2v) is 7.89. The Hall–Kier alpha value is -4.39. The summed E-state index contributed by atoms with van der Waals surface area (Å²) in [6.45, 7) is 0. The molecule has 2 N–H and O–H groups in total. The van der Waals surface area contributed by atoms with Gasteiger partial charge in [0.2, 0.25) is 0 Å². The molecule has 7 heteroatoms. The Morgan fingerprint density at radius 3 is 1.71 bits per heavy atom. The molecule has 0 unspecified atom stereocenters. The Balaban J connectivity index is 1.94. The number of esters is 2. The van der Waals surface area contributed by atoms with E-state index in [9.17, 15) is 14.0 Å². The van der Waals surface area contributed by atoms with Gasteiger partial charge in [-0.2, -0.15) is 0 Å². The number of aromatic amines is 2. The minimum absolute atomic E-state index is 0.235. The molecule has 0 saturated heterocycles. The Bertz CT molecular complexity index is 1460. The number of para-hydroxylation sites is 2. The van der Waals surface area contributed by atoms with Crippen molar-refractivity contribution in [1.29, 1.82) is 0 Å². The predicted molar refractivity (Wildman–Crippen MR) is 127 cm³/mol. The highest BCUT2D eigenvalue weighted by atomic mass is 19.1. The predicted octanol–water partition coefficient (Wildman–Crippen LogP) is 5.54. The first-order chi connectivity index (χ1) is 16.5. The zero-order valence-corrected chi connectivity index (χ0v) is 18.5. The summed E-state index contributed by atoms with van der Waals surface area (Å²) in [4.78, 5) is 32.1. The average Bonchev–Trinajstić information content (AvgIpc) is 3.43. The summed E-state index contributed by atoms with van der Waals surface area (Å²) in [7, 11) is 2.61. The summed E-state index contributed by atoms with van der Waals surface area (Å²) in [5.41, 5.74) is 3.66. The molecule has 0 fully saturated rings. The van der Waals surface area contributed by atoms with E-state index in [-0.39, 0.29) is 11.4 Å². The molecule has 0 aliphatic heterocycles. The van der Waals surface area contributed by atoms with Crippen LogP contribution in [0.2, 0.25) is 0 Å². The largest absolute Gasteiger partial charge is 0.464 e. The van der Waals surface area contributed by atoms with E-state index in [2.05, 4.69) is 9.97 Å². The number of carbonyl (C=O) groups excluding carboxylic acids is 2. The fourth-order valence-corrected chi connectivity index (χ4v) is 4.62. The first-order valence-electron chi connectivity index (χ1n) is 10.7. The van der Waals surface area contributed by atoms with Gasteiger partial charge in [0.05, 0.1) is 14.2 Å². The SMILES string of the molecule is COC(=O)c1[nH]c2ccccc2c1C(c1cccc(F)c1)c1c(C(=O)OC)[nH]c2ccccc12. The van der Waals surface area contributed by atoms with E-state index in [0.29, 0.717) is 16.7 Å². The lowest BCUT2D eigenvalue weighted by molar-refractivity contribution is 0.0587. The highest BCUT2D eigenvalue weighted by Gasteiger charge is 2.33. The monoisotopic (exact) mass is 456 g/mol. The van der Waals surface area contributed by atoms with Gasteiger partial charge in [0.1, 0.15) is 17.2 Å². The number of nitrogens with one attached hydrogen (secondary N) is 2. The molecule has 2 heterocycles. The number of hydrogen-bond donors (Lipinski definition) is 2. The lowest BCUT2D eigenvalue weighted by Gasteiger charge is -2.20. The van der Waals surface area contributed by atoms with Gasteiger partial charge in [0.15, 0.2) is 0 Å². The molecular formula is C27H21FN2O4. The third-order valence-corrected chi connectivity index (χ3v) is 6.03. The fourth-order valence-electron chi connectivity index (χ4n) is 4.62. The summed E-state index contributed by atoms with van der Waals surface area (Å²) < 4.78 is 24.6. The van der Waals surface area contributed by atoms with Crippen molar-refractivity contribution in [1.82, 2.24) is 9.97 Å². The van der Waals surface area contributed by atoms with Crippen LogP contribution in [0.4, 0.5) is 4.39 Å². The van der Waals surface area contributed by atoms with Crippen LogP contribution >= 0.6 is 0 Å². The molecule has 170 valence electrons. The van der Waals surface area contributed by atoms with E-state index in [4.69, 9.17) is 9.47 Å². The van der Waals surface area contributed by atoms with Crippen molar-refractivity contribution in [2.45, 2.75) is 5.92 Å². The topological polar surface area (TPSA) is 84.2 Å². The normalized spacial score (nSPS) is 11.3. The molecule has 0 saturated carbocycles. The zero-order valence-electron chi connectivity index (χ0n) is 18.5. The maximum atomic E-state index is 14.5. The van der Waals surface area contributed by atoms with Crippen molar-refractivity contribution >= 4 is 33.7 Å². The molecule has 34 heavy (non-hydrogen) atoms. The Kier molecular flexibility index (Phi) is 5.37. The number of methoxy groups -OCH3 is 2. The lowest BCUT2D eigenvalue weighted by atomic mass is 9.82. The number of hydrogen-bond acceptors (Lipinski definition) is 4. The molecule has 2 aromatic heterocycles. The van der Waals surface area contributed by atoms with Crippen LogP contribution in [-0.2, 0) is 9.47 Å². The number of rotatable bonds is 5. The number of benzene rings is 3. The van der Waals surface area contributed by atoms with Gasteiger partial charge in [-0.15, -0.1) is 0 Å². The number of carbonyl (C=O) groups is 2. The molecular weight excluding hydrogens is 435 g/mol. The summed E-state index contributed by atoms with van der Waals surface area (Å²) in [6.07, 6.45) is 0. The third kappa shape index (κ3) is 3.42. The summed E-state index contributed by atoms with van der Waals surface area (Å²) in [5.74, 6) is -2.24. The van der Waals surface area contributed by atoms with Crippen LogP contribution < -0.4 is 0 Å². The van der Waals surface area contributed by atoms with Gasteiger partial charge in [0.25, 0.3) is 0 Å². The quantitative estimate of drug-likeness (QED) is 0.340. The number of ether oxygens (including phenoxy) is 2. The van der Waals surface area contributed by atoms with Crippen molar-refractivity contribution in [3.63, 3.8) is 0 Å². The van der Waals surface area contributed by atoms with Crippen LogP contribution in [0.5, 0.6) is 0 Å². The van der Waals surface area contributed by atoms with Crippen molar-refractivity contribution in [2.75, 3.05) is 14.2 Å². The van der Waals surface area contributed by atoms with Crippen LogP contribution in [0, 0.1) is 5.82 Å². The van der Waals surface area contributed by atoms with Crippen molar-refractivity contribution in [3.8, 4) is 0 Å². The van der Waals surface area contributed by atoms with Crippen LogP contribution in [0.25, 0.3) is 21.8 Å². The molecule has 6 nitrogen and oxygen atoms in total. The van der Waals surface area contributed by atoms with Gasteiger partial charge >= 0.3 is 11.9 Å². The zero-order chi connectivity index (χ0) is 23.8. The molecule has 0 bridgehead atoms. The van der Waals surface area contributed by atoms with E-state index >= 15 is 0 Å². The minimum atomic E-state index is -0.689. The lowest BCUT2D eigenvalue weighted by Crippen LogP contribution is -2.14. The second kappa shape index (κ2) is 8.51. The smallest absolute Gasteiger partial charge is 0.354 e. The van der Waals surface area contributed by atoms with E-state index < -0.39 is 23.7 Å². The highest BCUT2D eigenvalue weighted by molar-refractivity contribution is 6.03. The number of aromatic nitrogens is 2. The maximum absolute atomic E-state index is 14.5. The Morgan fingerprint density at radius 2 is 1.24 bits per heavy atom. The van der Waals surface area contributed by atoms with Gasteiger partial charge < -0.3 is 19.4 Å². The van der Waals surface area contributed by atoms with Gasteiger partial charge in [-0.1, -0.05) is 48.5 Å². The van der Waals surface area contributed by atoms with Crippen LogP contribution in [0.1, 0.15) is 43.6 Å². The van der Waals surface area contributed by atoms with E-state index in [1.54, 1.807) is 12.1 Å². The van der Waals surface area contributed by atoms with Gasteiger partial charge in [-0.3, -0.25) is 0 Å².